The summed E-state index contributed by atoms with van der Waals surface area (Å²) in [6.07, 6.45) is 1.40. The van der Waals surface area contributed by atoms with E-state index in [1.54, 1.807) is 43.3 Å². The van der Waals surface area contributed by atoms with Crippen LogP contribution in [-0.4, -0.2) is 24.0 Å². The average Bonchev–Trinajstić information content (AvgIpc) is 2.97. The topological polar surface area (TPSA) is 71.8 Å². The minimum absolute atomic E-state index is 0.00211. The first-order valence-electron chi connectivity index (χ1n) is 7.12. The van der Waals surface area contributed by atoms with E-state index in [0.717, 1.165) is 0 Å². The van der Waals surface area contributed by atoms with Crippen molar-refractivity contribution in [2.24, 2.45) is 0 Å². The van der Waals surface area contributed by atoms with Crippen molar-refractivity contribution in [2.75, 3.05) is 12.0 Å². The quantitative estimate of drug-likeness (QED) is 0.527. The summed E-state index contributed by atoms with van der Waals surface area (Å²) in [7, 11) is 1.50. The van der Waals surface area contributed by atoms with Crippen LogP contribution in [0.2, 0.25) is 0 Å². The van der Waals surface area contributed by atoms with Crippen molar-refractivity contribution in [3.8, 4) is 5.75 Å². The Hall–Kier alpha value is -2.93. The van der Waals surface area contributed by atoms with Crippen LogP contribution in [0.25, 0.3) is 6.08 Å². The standard InChI is InChI=1S/C17H14N2O4S/c1-10-7-8-11(23-10)9-12-15(20)18-17(24)19(16(12)21)13-5-3-4-6-14(13)22-2/h3-9H,1-2H3,(H,18,20,24). The lowest BCUT2D eigenvalue weighted by Crippen LogP contribution is -2.54. The largest absolute Gasteiger partial charge is 0.495 e. The second-order valence-corrected chi connectivity index (χ2v) is 5.46. The third-order valence-electron chi connectivity index (χ3n) is 3.48. The number of carbonyl (C=O) groups excluding carboxylic acids is 2. The van der Waals surface area contributed by atoms with E-state index in [2.05, 4.69) is 5.32 Å². The number of hydrogen-bond acceptors (Lipinski definition) is 5. The van der Waals surface area contributed by atoms with Gasteiger partial charge in [0, 0.05) is 0 Å². The number of rotatable bonds is 3. The summed E-state index contributed by atoms with van der Waals surface area (Å²) < 4.78 is 10.7. The number of ether oxygens (including phenoxy) is 1. The fourth-order valence-electron chi connectivity index (χ4n) is 2.36. The van der Waals surface area contributed by atoms with Crippen LogP contribution in [0, 0.1) is 6.92 Å². The Kier molecular flexibility index (Phi) is 4.18. The summed E-state index contributed by atoms with van der Waals surface area (Å²) in [5.74, 6) is 0.464. The van der Waals surface area contributed by atoms with Gasteiger partial charge < -0.3 is 9.15 Å². The number of nitrogens with one attached hydrogen (secondary N) is 1. The van der Waals surface area contributed by atoms with Gasteiger partial charge in [0.15, 0.2) is 5.11 Å². The summed E-state index contributed by atoms with van der Waals surface area (Å²) in [5.41, 5.74) is 0.389. The Morgan fingerprint density at radius 1 is 1.21 bits per heavy atom. The molecule has 3 rings (SSSR count). The number of hydrogen-bond donors (Lipinski definition) is 1. The lowest BCUT2D eigenvalue weighted by molar-refractivity contribution is -0.122. The average molecular weight is 342 g/mol. The van der Waals surface area contributed by atoms with Gasteiger partial charge in [-0.3, -0.25) is 14.9 Å². The third-order valence-corrected chi connectivity index (χ3v) is 3.76. The molecule has 1 aliphatic heterocycles. The molecule has 2 heterocycles. The van der Waals surface area contributed by atoms with E-state index >= 15 is 0 Å². The van der Waals surface area contributed by atoms with E-state index in [1.807, 2.05) is 0 Å². The molecule has 0 unspecified atom stereocenters. The molecule has 1 saturated heterocycles. The van der Waals surface area contributed by atoms with Gasteiger partial charge in [0.25, 0.3) is 11.8 Å². The van der Waals surface area contributed by atoms with Crippen molar-refractivity contribution in [3.05, 3.63) is 53.5 Å². The van der Waals surface area contributed by atoms with E-state index < -0.39 is 11.8 Å². The van der Waals surface area contributed by atoms with Crippen LogP contribution >= 0.6 is 12.2 Å². The van der Waals surface area contributed by atoms with Crippen molar-refractivity contribution < 1.29 is 18.7 Å². The van der Waals surface area contributed by atoms with Gasteiger partial charge in [-0.05, 0) is 49.5 Å². The van der Waals surface area contributed by atoms with Crippen LogP contribution < -0.4 is 15.0 Å². The summed E-state index contributed by atoms with van der Waals surface area (Å²) in [6, 6.07) is 10.4. The first-order valence-corrected chi connectivity index (χ1v) is 7.53. The molecule has 0 radical (unpaired) electrons. The van der Waals surface area contributed by atoms with Gasteiger partial charge >= 0.3 is 0 Å². The van der Waals surface area contributed by atoms with Crippen LogP contribution in [0.4, 0.5) is 5.69 Å². The van der Waals surface area contributed by atoms with E-state index in [4.69, 9.17) is 21.4 Å². The number of benzene rings is 1. The zero-order chi connectivity index (χ0) is 17.3. The molecule has 1 fully saturated rings. The highest BCUT2D eigenvalue weighted by Gasteiger charge is 2.35. The molecule has 1 aromatic carbocycles. The molecule has 2 aromatic rings. The maximum atomic E-state index is 12.8. The number of furan rings is 1. The predicted octanol–water partition coefficient (Wildman–Crippen LogP) is 2.43. The molecule has 0 spiro atoms. The second kappa shape index (κ2) is 6.29. The van der Waals surface area contributed by atoms with Crippen LogP contribution in [0.15, 0.2) is 46.4 Å². The number of nitrogens with zero attached hydrogens (tertiary/aromatic N) is 1. The number of aryl methyl sites for hydroxylation is 1. The third kappa shape index (κ3) is 2.81. The molecular weight excluding hydrogens is 328 g/mol. The molecule has 0 saturated carbocycles. The Morgan fingerprint density at radius 3 is 2.62 bits per heavy atom. The van der Waals surface area contributed by atoms with Crippen LogP contribution in [-0.2, 0) is 9.59 Å². The van der Waals surface area contributed by atoms with E-state index in [1.165, 1.54) is 18.1 Å². The molecule has 0 bridgehead atoms. The molecule has 1 aromatic heterocycles. The number of amides is 2. The van der Waals surface area contributed by atoms with Crippen molar-refractivity contribution in [1.82, 2.24) is 5.32 Å². The van der Waals surface area contributed by atoms with Gasteiger partial charge in [-0.2, -0.15) is 0 Å². The molecule has 0 aliphatic carbocycles. The number of thiocarbonyl (C=S) groups is 1. The Balaban J connectivity index is 2.05. The maximum Gasteiger partial charge on any atom is 0.270 e. The number of para-hydroxylation sites is 2. The van der Waals surface area contributed by atoms with Gasteiger partial charge in [-0.1, -0.05) is 12.1 Å². The highest BCUT2D eigenvalue weighted by Crippen LogP contribution is 2.30. The fourth-order valence-corrected chi connectivity index (χ4v) is 2.64. The second-order valence-electron chi connectivity index (χ2n) is 5.08. The van der Waals surface area contributed by atoms with Crippen LogP contribution in [0.5, 0.6) is 5.75 Å². The van der Waals surface area contributed by atoms with Gasteiger partial charge in [-0.15, -0.1) is 0 Å². The fraction of sp³-hybridized carbons (Fsp3) is 0.118. The SMILES string of the molecule is COc1ccccc1N1C(=O)C(=Cc2ccc(C)o2)C(=O)NC1=S. The van der Waals surface area contributed by atoms with Crippen LogP contribution in [0.3, 0.4) is 0 Å². The number of methoxy groups -OCH3 is 1. The Bertz CT molecular complexity index is 869. The first kappa shape index (κ1) is 15.9. The molecular formula is C17H14N2O4S. The molecule has 6 nitrogen and oxygen atoms in total. The minimum Gasteiger partial charge on any atom is -0.495 e. The Morgan fingerprint density at radius 2 is 1.96 bits per heavy atom. The van der Waals surface area contributed by atoms with Gasteiger partial charge in [-0.25, -0.2) is 4.90 Å². The molecule has 122 valence electrons. The van der Waals surface area contributed by atoms with E-state index in [9.17, 15) is 9.59 Å². The highest BCUT2D eigenvalue weighted by molar-refractivity contribution is 7.80. The summed E-state index contributed by atoms with van der Waals surface area (Å²) in [4.78, 5) is 26.2. The summed E-state index contributed by atoms with van der Waals surface area (Å²) >= 11 is 5.16. The summed E-state index contributed by atoms with van der Waals surface area (Å²) in [6.45, 7) is 1.78. The van der Waals surface area contributed by atoms with Crippen molar-refractivity contribution in [2.45, 2.75) is 6.92 Å². The molecule has 7 heteroatoms. The normalized spacial score (nSPS) is 16.5. The molecule has 1 aliphatic rings. The smallest absolute Gasteiger partial charge is 0.270 e. The number of carbonyl (C=O) groups is 2. The zero-order valence-electron chi connectivity index (χ0n) is 13.0. The predicted molar refractivity (Wildman–Crippen MR) is 92.6 cm³/mol. The lowest BCUT2D eigenvalue weighted by Gasteiger charge is -2.29. The summed E-state index contributed by atoms with van der Waals surface area (Å²) in [5, 5.41) is 2.52. The van der Waals surface area contributed by atoms with Gasteiger partial charge in [0.05, 0.1) is 12.8 Å². The van der Waals surface area contributed by atoms with E-state index in [-0.39, 0.29) is 10.7 Å². The number of anilines is 1. The lowest BCUT2D eigenvalue weighted by atomic mass is 10.1. The van der Waals surface area contributed by atoms with Crippen molar-refractivity contribution in [3.63, 3.8) is 0 Å². The molecule has 24 heavy (non-hydrogen) atoms. The molecule has 0 atom stereocenters. The Labute approximate surface area is 143 Å². The monoisotopic (exact) mass is 342 g/mol. The first-order chi connectivity index (χ1) is 11.5. The highest BCUT2D eigenvalue weighted by atomic mass is 32.1. The molecule has 1 N–H and O–H groups in total. The molecule has 2 amide bonds. The minimum atomic E-state index is -0.565. The maximum absolute atomic E-state index is 12.8. The van der Waals surface area contributed by atoms with Gasteiger partial charge in [0.2, 0.25) is 0 Å². The zero-order valence-corrected chi connectivity index (χ0v) is 13.8. The van der Waals surface area contributed by atoms with Crippen molar-refractivity contribution >= 4 is 40.9 Å². The van der Waals surface area contributed by atoms with E-state index in [0.29, 0.717) is 23.0 Å². The van der Waals surface area contributed by atoms with Crippen LogP contribution in [0.1, 0.15) is 11.5 Å². The van der Waals surface area contributed by atoms with Gasteiger partial charge in [0.1, 0.15) is 22.8 Å². The van der Waals surface area contributed by atoms with Crippen molar-refractivity contribution in [1.29, 1.82) is 0 Å².